The van der Waals surface area contributed by atoms with Crippen LogP contribution in [0.25, 0.3) is 0 Å². The summed E-state index contributed by atoms with van der Waals surface area (Å²) in [5.41, 5.74) is 0. The molecule has 0 bridgehead atoms. The predicted octanol–water partition coefficient (Wildman–Crippen LogP) is 2.67. The minimum atomic E-state index is -1.67. The average molecular weight is 257 g/mol. The molecule has 0 aromatic heterocycles. The lowest BCUT2D eigenvalue weighted by molar-refractivity contribution is 0.158. The largest absolute Gasteiger partial charge is 0.440 e. The van der Waals surface area contributed by atoms with Crippen molar-refractivity contribution in [1.29, 1.82) is 0 Å². The number of carbonyl (C=O) groups excluding carboxylic acids is 1. The molecule has 4 nitrogen and oxygen atoms in total. The van der Waals surface area contributed by atoms with Gasteiger partial charge in [-0.3, -0.25) is 0 Å². The van der Waals surface area contributed by atoms with Crippen LogP contribution in [-0.2, 0) is 9.16 Å². The number of rotatable bonds is 4. The number of amides is 1. The Bertz CT molecular complexity index is 307. The minimum Gasteiger partial charge on any atom is -0.440 e. The highest BCUT2D eigenvalue weighted by molar-refractivity contribution is 6.74. The van der Waals surface area contributed by atoms with Gasteiger partial charge in [0.15, 0.2) is 8.32 Å². The van der Waals surface area contributed by atoms with Crippen molar-refractivity contribution in [3.05, 3.63) is 12.2 Å². The summed E-state index contributed by atoms with van der Waals surface area (Å²) in [5.74, 6) is 0. The van der Waals surface area contributed by atoms with Gasteiger partial charge < -0.3 is 14.5 Å². The summed E-state index contributed by atoms with van der Waals surface area (Å²) in [4.78, 5) is 10.8. The quantitative estimate of drug-likeness (QED) is 0.622. The standard InChI is InChI=1S/C12H23NO3Si/c1-12(2,3)17(4,5)15-8-6-7-10-9-13-11(14)16-10/h6-7,10H,8-9H2,1-5H3,(H,13,14)/b7-6+/t10-/m1/s1. The number of nitrogens with one attached hydrogen (secondary N) is 1. The minimum absolute atomic E-state index is 0.148. The SMILES string of the molecule is CC(C)(C)[Si](C)(C)OC/C=C/[C@@H]1CNC(=O)O1. The van der Waals surface area contributed by atoms with Gasteiger partial charge >= 0.3 is 6.09 Å². The third kappa shape index (κ3) is 4.16. The Hall–Kier alpha value is -0.813. The molecule has 0 unspecified atom stereocenters. The molecule has 0 aromatic rings. The van der Waals surface area contributed by atoms with Crippen LogP contribution in [0.3, 0.4) is 0 Å². The van der Waals surface area contributed by atoms with Crippen molar-refractivity contribution >= 4 is 14.4 Å². The van der Waals surface area contributed by atoms with Gasteiger partial charge in [0.25, 0.3) is 0 Å². The molecule has 1 atom stereocenters. The van der Waals surface area contributed by atoms with Crippen LogP contribution in [-0.4, -0.2) is 33.7 Å². The fourth-order valence-electron chi connectivity index (χ4n) is 1.19. The van der Waals surface area contributed by atoms with E-state index in [0.717, 1.165) is 0 Å². The zero-order chi connectivity index (χ0) is 13.1. The monoisotopic (exact) mass is 257 g/mol. The van der Waals surface area contributed by atoms with Gasteiger partial charge in [0.1, 0.15) is 6.10 Å². The Morgan fingerprint density at radius 2 is 2.18 bits per heavy atom. The molecule has 0 aliphatic carbocycles. The molecule has 1 fully saturated rings. The first-order valence-corrected chi connectivity index (χ1v) is 8.88. The van der Waals surface area contributed by atoms with Crippen LogP contribution in [0.15, 0.2) is 12.2 Å². The molecule has 17 heavy (non-hydrogen) atoms. The maximum absolute atomic E-state index is 10.8. The first-order chi connectivity index (χ1) is 7.72. The summed E-state index contributed by atoms with van der Waals surface area (Å²) in [6.45, 7) is 12.2. The van der Waals surface area contributed by atoms with Gasteiger partial charge in [-0.05, 0) is 24.2 Å². The second-order valence-corrected chi connectivity index (χ2v) is 10.6. The van der Waals surface area contributed by atoms with Crippen molar-refractivity contribution in [3.63, 3.8) is 0 Å². The molecule has 98 valence electrons. The van der Waals surface area contributed by atoms with Gasteiger partial charge in [0.2, 0.25) is 0 Å². The summed E-state index contributed by atoms with van der Waals surface area (Å²) in [6, 6.07) is 0. The van der Waals surface area contributed by atoms with E-state index in [2.05, 4.69) is 39.2 Å². The van der Waals surface area contributed by atoms with Crippen LogP contribution in [0, 0.1) is 0 Å². The molecule has 5 heteroatoms. The van der Waals surface area contributed by atoms with Crippen LogP contribution in [0.1, 0.15) is 20.8 Å². The van der Waals surface area contributed by atoms with Crippen LogP contribution >= 0.6 is 0 Å². The molecule has 1 aliphatic rings. The lowest BCUT2D eigenvalue weighted by Crippen LogP contribution is -2.40. The molecule has 1 aliphatic heterocycles. The number of hydrogen-bond acceptors (Lipinski definition) is 3. The van der Waals surface area contributed by atoms with E-state index in [-0.39, 0.29) is 17.2 Å². The first kappa shape index (κ1) is 14.2. The molecule has 1 heterocycles. The average Bonchev–Trinajstić information content (AvgIpc) is 2.57. The second kappa shape index (κ2) is 5.22. The van der Waals surface area contributed by atoms with E-state index in [4.69, 9.17) is 9.16 Å². The summed E-state index contributed by atoms with van der Waals surface area (Å²) < 4.78 is 11.0. The van der Waals surface area contributed by atoms with Gasteiger partial charge in [-0.15, -0.1) is 0 Å². The third-order valence-electron chi connectivity index (χ3n) is 3.40. The normalized spacial score (nSPS) is 21.7. The van der Waals surface area contributed by atoms with Crippen molar-refractivity contribution in [3.8, 4) is 0 Å². The van der Waals surface area contributed by atoms with E-state index >= 15 is 0 Å². The van der Waals surface area contributed by atoms with Crippen molar-refractivity contribution in [2.24, 2.45) is 0 Å². The van der Waals surface area contributed by atoms with Crippen molar-refractivity contribution < 1.29 is 14.0 Å². The molecular formula is C12H23NO3Si. The van der Waals surface area contributed by atoms with E-state index in [9.17, 15) is 4.79 Å². The van der Waals surface area contributed by atoms with Gasteiger partial charge in [0.05, 0.1) is 13.2 Å². The molecular weight excluding hydrogens is 234 g/mol. The fourth-order valence-corrected chi connectivity index (χ4v) is 2.14. The molecule has 1 N–H and O–H groups in total. The maximum Gasteiger partial charge on any atom is 0.407 e. The lowest BCUT2D eigenvalue weighted by atomic mass is 10.2. The number of carbonyl (C=O) groups is 1. The predicted molar refractivity (Wildman–Crippen MR) is 70.6 cm³/mol. The van der Waals surface area contributed by atoms with E-state index in [0.29, 0.717) is 13.2 Å². The number of hydrogen-bond donors (Lipinski definition) is 1. The Morgan fingerprint density at radius 3 is 2.65 bits per heavy atom. The lowest BCUT2D eigenvalue weighted by Gasteiger charge is -2.35. The Kier molecular flexibility index (Phi) is 4.38. The molecule has 1 saturated heterocycles. The van der Waals surface area contributed by atoms with Crippen LogP contribution in [0.2, 0.25) is 18.1 Å². The Labute approximate surface area is 105 Å². The highest BCUT2D eigenvalue weighted by Gasteiger charge is 2.36. The Morgan fingerprint density at radius 1 is 1.53 bits per heavy atom. The topological polar surface area (TPSA) is 47.6 Å². The smallest absolute Gasteiger partial charge is 0.407 e. The van der Waals surface area contributed by atoms with Gasteiger partial charge in [0, 0.05) is 0 Å². The zero-order valence-electron chi connectivity index (χ0n) is 11.4. The second-order valence-electron chi connectivity index (χ2n) is 5.82. The number of cyclic esters (lactones) is 1. The van der Waals surface area contributed by atoms with E-state index < -0.39 is 8.32 Å². The van der Waals surface area contributed by atoms with Gasteiger partial charge in [-0.2, -0.15) is 0 Å². The van der Waals surface area contributed by atoms with Crippen molar-refractivity contribution in [1.82, 2.24) is 5.32 Å². The van der Waals surface area contributed by atoms with Crippen molar-refractivity contribution in [2.45, 2.75) is 45.0 Å². The fraction of sp³-hybridized carbons (Fsp3) is 0.750. The van der Waals surface area contributed by atoms with Gasteiger partial charge in [-0.25, -0.2) is 4.79 Å². The molecule has 0 spiro atoms. The highest BCUT2D eigenvalue weighted by Crippen LogP contribution is 2.36. The zero-order valence-corrected chi connectivity index (χ0v) is 12.4. The maximum atomic E-state index is 10.8. The van der Waals surface area contributed by atoms with Gasteiger partial charge in [-0.1, -0.05) is 26.8 Å². The molecule has 1 rings (SSSR count). The highest BCUT2D eigenvalue weighted by atomic mass is 28.4. The first-order valence-electron chi connectivity index (χ1n) is 5.97. The van der Waals surface area contributed by atoms with E-state index in [1.54, 1.807) is 0 Å². The third-order valence-corrected chi connectivity index (χ3v) is 7.90. The van der Waals surface area contributed by atoms with Crippen molar-refractivity contribution in [2.75, 3.05) is 13.2 Å². The summed E-state index contributed by atoms with van der Waals surface area (Å²) >= 11 is 0. The summed E-state index contributed by atoms with van der Waals surface area (Å²) in [7, 11) is -1.67. The van der Waals surface area contributed by atoms with Crippen LogP contribution in [0.5, 0.6) is 0 Å². The Balaban J connectivity index is 2.32. The number of ether oxygens (including phenoxy) is 1. The molecule has 1 amide bonds. The number of alkyl carbamates (subject to hydrolysis) is 1. The van der Waals surface area contributed by atoms with Crippen LogP contribution < -0.4 is 5.32 Å². The summed E-state index contributed by atoms with van der Waals surface area (Å²) in [6.07, 6.45) is 3.33. The summed E-state index contributed by atoms with van der Waals surface area (Å²) in [5, 5.41) is 2.83. The van der Waals surface area contributed by atoms with Crippen LogP contribution in [0.4, 0.5) is 4.79 Å². The molecule has 0 saturated carbocycles. The van der Waals surface area contributed by atoms with E-state index in [1.807, 2.05) is 12.2 Å². The molecule has 0 radical (unpaired) electrons. The molecule has 0 aromatic carbocycles. The van der Waals surface area contributed by atoms with E-state index in [1.165, 1.54) is 0 Å².